The number of hydrogen-bond donors (Lipinski definition) is 0. The Morgan fingerprint density at radius 2 is 0.544 bits per heavy atom. The molecule has 0 aliphatic heterocycles. The van der Waals surface area contributed by atoms with Gasteiger partial charge >= 0.3 is 17.9 Å². The molecule has 1 atom stereocenters. The van der Waals surface area contributed by atoms with Crippen LogP contribution in [0.25, 0.3) is 0 Å². The smallest absolute Gasteiger partial charge is 0.306 e. The lowest BCUT2D eigenvalue weighted by Gasteiger charge is -2.18. The van der Waals surface area contributed by atoms with Gasteiger partial charge in [0.2, 0.25) is 0 Å². The number of carbonyl (C=O) groups is 3. The number of ether oxygens (including phenoxy) is 3. The van der Waals surface area contributed by atoms with E-state index in [1.807, 2.05) is 0 Å². The van der Waals surface area contributed by atoms with Gasteiger partial charge in [0.05, 0.1) is 0 Å². The molecule has 0 bridgehead atoms. The normalized spacial score (nSPS) is 12.1. The number of rotatable bonds is 56. The highest BCUT2D eigenvalue weighted by atomic mass is 16.6. The third-order valence-corrected chi connectivity index (χ3v) is 13.7. The first-order chi connectivity index (χ1) is 33.5. The third kappa shape index (κ3) is 54.8. The van der Waals surface area contributed by atoms with Crippen LogP contribution in [0.5, 0.6) is 0 Å². The molecule has 0 N–H and O–H groups in total. The molecule has 6 nitrogen and oxygen atoms in total. The van der Waals surface area contributed by atoms with E-state index in [0.29, 0.717) is 19.3 Å². The summed E-state index contributed by atoms with van der Waals surface area (Å²) in [7, 11) is 0. The molecule has 1 unspecified atom stereocenters. The summed E-state index contributed by atoms with van der Waals surface area (Å²) >= 11 is 0. The number of allylic oxidation sites excluding steroid dienone is 4. The van der Waals surface area contributed by atoms with Crippen molar-refractivity contribution in [2.24, 2.45) is 0 Å². The van der Waals surface area contributed by atoms with Gasteiger partial charge in [0.1, 0.15) is 13.2 Å². The molecular weight excluding hydrogens is 841 g/mol. The summed E-state index contributed by atoms with van der Waals surface area (Å²) in [4.78, 5) is 37.8. The van der Waals surface area contributed by atoms with Gasteiger partial charge in [0, 0.05) is 19.3 Å². The quantitative estimate of drug-likeness (QED) is 0.0262. The van der Waals surface area contributed by atoms with Crippen molar-refractivity contribution in [3.05, 3.63) is 24.3 Å². The molecule has 0 rings (SSSR count). The standard InChI is InChI=1S/C62H116O6/c1-4-7-10-13-16-18-20-22-24-25-26-27-28-29-30-31-32-33-34-35-36-37-38-39-41-42-44-46-49-52-55-61(64)67-58-59(57-66-60(63)54-51-48-15-12-9-6-3)68-62(65)56-53-50-47-45-43-40-23-21-19-17-14-11-8-5-2/h14,17,21,23,59H,4-13,15-16,18-20,22,24-58H2,1-3H3/b17-14-,23-21-. The second-order valence-electron chi connectivity index (χ2n) is 20.6. The number of hydrogen-bond acceptors (Lipinski definition) is 6. The molecule has 6 heteroatoms. The van der Waals surface area contributed by atoms with Crippen LogP contribution >= 0.6 is 0 Å². The fourth-order valence-corrected chi connectivity index (χ4v) is 9.11. The van der Waals surface area contributed by atoms with E-state index in [4.69, 9.17) is 14.2 Å². The zero-order valence-corrected chi connectivity index (χ0v) is 45.9. The minimum Gasteiger partial charge on any atom is -0.462 e. The Morgan fingerprint density at radius 1 is 0.294 bits per heavy atom. The van der Waals surface area contributed by atoms with E-state index in [-0.39, 0.29) is 31.1 Å². The highest BCUT2D eigenvalue weighted by molar-refractivity contribution is 5.71. The van der Waals surface area contributed by atoms with Crippen molar-refractivity contribution in [2.75, 3.05) is 13.2 Å². The lowest BCUT2D eigenvalue weighted by atomic mass is 10.0. The molecular formula is C62H116O6. The summed E-state index contributed by atoms with van der Waals surface area (Å²) in [6.45, 7) is 6.57. The van der Waals surface area contributed by atoms with Crippen LogP contribution < -0.4 is 0 Å². The summed E-state index contributed by atoms with van der Waals surface area (Å²) < 4.78 is 16.7. The monoisotopic (exact) mass is 957 g/mol. The molecule has 0 heterocycles. The van der Waals surface area contributed by atoms with Gasteiger partial charge in [-0.3, -0.25) is 14.4 Å². The van der Waals surface area contributed by atoms with Crippen molar-refractivity contribution in [1.29, 1.82) is 0 Å². The van der Waals surface area contributed by atoms with E-state index in [1.54, 1.807) is 0 Å². The maximum Gasteiger partial charge on any atom is 0.306 e. The summed E-state index contributed by atoms with van der Waals surface area (Å²) in [6.07, 6.45) is 68.1. The van der Waals surface area contributed by atoms with Gasteiger partial charge in [-0.15, -0.1) is 0 Å². The van der Waals surface area contributed by atoms with Gasteiger partial charge in [-0.1, -0.05) is 295 Å². The van der Waals surface area contributed by atoms with Crippen LogP contribution in [0.1, 0.15) is 335 Å². The van der Waals surface area contributed by atoms with Crippen LogP contribution in [-0.4, -0.2) is 37.2 Å². The lowest BCUT2D eigenvalue weighted by Crippen LogP contribution is -2.30. The molecule has 0 radical (unpaired) electrons. The van der Waals surface area contributed by atoms with Crippen molar-refractivity contribution in [3.63, 3.8) is 0 Å². The predicted octanol–water partition coefficient (Wildman–Crippen LogP) is 20.3. The first kappa shape index (κ1) is 65.9. The van der Waals surface area contributed by atoms with Crippen molar-refractivity contribution >= 4 is 17.9 Å². The van der Waals surface area contributed by atoms with Gasteiger partial charge in [0.25, 0.3) is 0 Å². The molecule has 68 heavy (non-hydrogen) atoms. The first-order valence-corrected chi connectivity index (χ1v) is 30.3. The Kier molecular flexibility index (Phi) is 55.7. The van der Waals surface area contributed by atoms with Gasteiger partial charge in [0.15, 0.2) is 6.10 Å². The molecule has 0 spiro atoms. The van der Waals surface area contributed by atoms with E-state index >= 15 is 0 Å². The van der Waals surface area contributed by atoms with Crippen LogP contribution in [0.15, 0.2) is 24.3 Å². The lowest BCUT2D eigenvalue weighted by molar-refractivity contribution is -0.167. The van der Waals surface area contributed by atoms with Gasteiger partial charge < -0.3 is 14.2 Å². The van der Waals surface area contributed by atoms with Crippen molar-refractivity contribution < 1.29 is 28.6 Å². The summed E-state index contributed by atoms with van der Waals surface area (Å²) in [6, 6.07) is 0. The number of unbranched alkanes of at least 4 members (excludes halogenated alkanes) is 41. The molecule has 0 aromatic rings. The summed E-state index contributed by atoms with van der Waals surface area (Å²) in [5, 5.41) is 0. The average molecular weight is 958 g/mol. The van der Waals surface area contributed by atoms with Crippen LogP contribution in [0.3, 0.4) is 0 Å². The SMILES string of the molecule is CCCC/C=C\C/C=C\CCCCCCCC(=O)OC(COC(=O)CCCCCCCC)COC(=O)CCCCCCCCCCCCCCCCCCCCCCCCCCCCCCCC. The largest absolute Gasteiger partial charge is 0.462 e. The second kappa shape index (κ2) is 57.5. The van der Waals surface area contributed by atoms with Gasteiger partial charge in [-0.05, 0) is 44.9 Å². The van der Waals surface area contributed by atoms with Gasteiger partial charge in [-0.2, -0.15) is 0 Å². The number of esters is 3. The van der Waals surface area contributed by atoms with Crippen molar-refractivity contribution in [1.82, 2.24) is 0 Å². The second-order valence-corrected chi connectivity index (χ2v) is 20.6. The first-order valence-electron chi connectivity index (χ1n) is 30.3. The van der Waals surface area contributed by atoms with Crippen molar-refractivity contribution in [3.8, 4) is 0 Å². The van der Waals surface area contributed by atoms with Crippen LogP contribution in [0.4, 0.5) is 0 Å². The highest BCUT2D eigenvalue weighted by Crippen LogP contribution is 2.18. The molecule has 0 saturated heterocycles. The Balaban J connectivity index is 3.94. The van der Waals surface area contributed by atoms with Crippen LogP contribution in [-0.2, 0) is 28.6 Å². The molecule has 0 aliphatic rings. The van der Waals surface area contributed by atoms with Crippen LogP contribution in [0.2, 0.25) is 0 Å². The van der Waals surface area contributed by atoms with E-state index in [0.717, 1.165) is 83.5 Å². The minimum atomic E-state index is -0.772. The maximum absolute atomic E-state index is 12.8. The Hall–Kier alpha value is -2.11. The highest BCUT2D eigenvalue weighted by Gasteiger charge is 2.19. The topological polar surface area (TPSA) is 78.9 Å². The third-order valence-electron chi connectivity index (χ3n) is 13.7. The molecule has 400 valence electrons. The predicted molar refractivity (Wildman–Crippen MR) is 293 cm³/mol. The average Bonchev–Trinajstić information content (AvgIpc) is 3.34. The Bertz CT molecular complexity index is 1100. The molecule has 0 aliphatic carbocycles. The van der Waals surface area contributed by atoms with Gasteiger partial charge in [-0.25, -0.2) is 0 Å². The van der Waals surface area contributed by atoms with E-state index in [9.17, 15) is 14.4 Å². The van der Waals surface area contributed by atoms with Crippen molar-refractivity contribution in [2.45, 2.75) is 341 Å². The van der Waals surface area contributed by atoms with Crippen LogP contribution in [0, 0.1) is 0 Å². The summed E-state index contributed by atoms with van der Waals surface area (Å²) in [5.41, 5.74) is 0. The number of carbonyl (C=O) groups excluding carboxylic acids is 3. The molecule has 0 saturated carbocycles. The molecule has 0 aromatic carbocycles. The fourth-order valence-electron chi connectivity index (χ4n) is 9.11. The van der Waals surface area contributed by atoms with E-state index < -0.39 is 6.10 Å². The Labute approximate surface area is 423 Å². The minimum absolute atomic E-state index is 0.0729. The fraction of sp³-hybridized carbons (Fsp3) is 0.887. The zero-order valence-electron chi connectivity index (χ0n) is 45.9. The summed E-state index contributed by atoms with van der Waals surface area (Å²) in [5.74, 6) is -0.880. The van der Waals surface area contributed by atoms with E-state index in [2.05, 4.69) is 45.1 Å². The zero-order chi connectivity index (χ0) is 49.3. The Morgan fingerprint density at radius 3 is 0.853 bits per heavy atom. The van der Waals surface area contributed by atoms with E-state index in [1.165, 1.54) is 212 Å². The maximum atomic E-state index is 12.8. The molecule has 0 fully saturated rings. The molecule has 0 amide bonds. The molecule has 0 aromatic heterocycles.